The normalized spacial score (nSPS) is 12.6. The third kappa shape index (κ3) is 7.14. The van der Waals surface area contributed by atoms with Gasteiger partial charge in [0.25, 0.3) is 0 Å². The fourth-order valence-corrected chi connectivity index (χ4v) is 3.79. The Hall–Kier alpha value is -3.70. The van der Waals surface area contributed by atoms with E-state index in [-0.39, 0.29) is 19.3 Å². The van der Waals surface area contributed by atoms with Gasteiger partial charge < -0.3 is 25.4 Å². The average molecular weight is 499 g/mol. The standard InChI is InChI=1S/C24H30N6O4S/c1-5-34-24(32)29-35(33)20-12-8-18(9-13-20)27-23-25-14-21(22(28-23)26-16(2)15-31)17-6-10-19(11-7-17)30(3)4/h6-14,16,31,35H,5,15H2,1-4H3,(H2,25,26,27,28)/t16-/m1/s1. The molecule has 0 bridgehead atoms. The summed E-state index contributed by atoms with van der Waals surface area (Å²) in [5, 5.41) is 15.9. The number of benzene rings is 2. The maximum Gasteiger partial charge on any atom is 0.441 e. The topological polar surface area (TPSA) is 129 Å². The Morgan fingerprint density at radius 2 is 1.86 bits per heavy atom. The molecule has 0 aliphatic heterocycles. The molecule has 3 rings (SSSR count). The van der Waals surface area contributed by atoms with Crippen molar-refractivity contribution < 1.29 is 18.8 Å². The molecule has 0 aliphatic rings. The van der Waals surface area contributed by atoms with Gasteiger partial charge in [-0.05, 0) is 55.8 Å². The molecule has 0 radical (unpaired) electrons. The van der Waals surface area contributed by atoms with E-state index in [1.54, 1.807) is 37.4 Å². The van der Waals surface area contributed by atoms with Gasteiger partial charge in [0, 0.05) is 48.2 Å². The number of nitrogens with one attached hydrogen (secondary N) is 2. The minimum absolute atomic E-state index is 0.0533. The van der Waals surface area contributed by atoms with Crippen molar-refractivity contribution in [1.82, 2.24) is 9.97 Å². The highest BCUT2D eigenvalue weighted by molar-refractivity contribution is 7.75. The Kier molecular flexibility index (Phi) is 8.98. The van der Waals surface area contributed by atoms with Crippen LogP contribution in [0.4, 0.5) is 27.9 Å². The molecule has 1 heterocycles. The van der Waals surface area contributed by atoms with Crippen LogP contribution in [-0.4, -0.2) is 58.7 Å². The fraction of sp³-hybridized carbons (Fsp3) is 0.292. The highest BCUT2D eigenvalue weighted by Gasteiger charge is 2.13. The van der Waals surface area contributed by atoms with Gasteiger partial charge in [0.15, 0.2) is 0 Å². The van der Waals surface area contributed by atoms with Gasteiger partial charge in [0.1, 0.15) is 5.82 Å². The lowest BCUT2D eigenvalue weighted by Gasteiger charge is -2.17. The Morgan fingerprint density at radius 3 is 2.46 bits per heavy atom. The molecule has 2 atom stereocenters. The number of rotatable bonds is 9. The van der Waals surface area contributed by atoms with Crippen molar-refractivity contribution in [3.05, 3.63) is 54.7 Å². The molecule has 0 fully saturated rings. The Morgan fingerprint density at radius 1 is 1.17 bits per heavy atom. The number of thiol groups is 1. The number of hydrogen-bond donors (Lipinski definition) is 4. The molecular weight excluding hydrogens is 468 g/mol. The molecule has 1 amide bonds. The fourth-order valence-electron chi connectivity index (χ4n) is 3.07. The van der Waals surface area contributed by atoms with E-state index in [9.17, 15) is 14.1 Å². The number of aliphatic hydroxyl groups excluding tert-OH is 1. The summed E-state index contributed by atoms with van der Waals surface area (Å²) < 4.78 is 20.4. The summed E-state index contributed by atoms with van der Waals surface area (Å²) in [6.07, 6.45) is 0.869. The van der Waals surface area contributed by atoms with Crippen LogP contribution in [0.2, 0.25) is 0 Å². The van der Waals surface area contributed by atoms with Crippen LogP contribution in [0.15, 0.2) is 64.0 Å². The smallest absolute Gasteiger partial charge is 0.441 e. The van der Waals surface area contributed by atoms with Crippen molar-refractivity contribution in [2.75, 3.05) is 42.8 Å². The van der Waals surface area contributed by atoms with Gasteiger partial charge in [-0.2, -0.15) is 4.98 Å². The molecule has 35 heavy (non-hydrogen) atoms. The van der Waals surface area contributed by atoms with E-state index in [1.807, 2.05) is 50.2 Å². The molecular formula is C24H30N6O4S. The summed E-state index contributed by atoms with van der Waals surface area (Å²) in [6.45, 7) is 3.63. The number of carbonyl (C=O) groups excluding carboxylic acids is 1. The number of anilines is 4. The van der Waals surface area contributed by atoms with Crippen LogP contribution in [0.5, 0.6) is 0 Å². The van der Waals surface area contributed by atoms with E-state index in [0.29, 0.717) is 22.3 Å². The van der Waals surface area contributed by atoms with Gasteiger partial charge >= 0.3 is 6.09 Å². The van der Waals surface area contributed by atoms with E-state index in [4.69, 9.17) is 4.74 Å². The van der Waals surface area contributed by atoms with Gasteiger partial charge in [-0.15, -0.1) is 4.36 Å². The second-order valence-corrected chi connectivity index (χ2v) is 9.13. The van der Waals surface area contributed by atoms with Crippen molar-refractivity contribution in [3.63, 3.8) is 0 Å². The third-order valence-electron chi connectivity index (χ3n) is 4.93. The maximum absolute atomic E-state index is 12.2. The summed E-state index contributed by atoms with van der Waals surface area (Å²) in [5.74, 6) is 0.925. The summed E-state index contributed by atoms with van der Waals surface area (Å²) in [7, 11) is 1.71. The number of carbonyl (C=O) groups is 1. The SMILES string of the molecule is CCOC(=O)/N=[SH](=O)/c1ccc(Nc2ncc(-c3ccc(N(C)C)cc3)c(N[C@H](C)CO)n2)cc1. The molecule has 0 saturated heterocycles. The number of aliphatic hydroxyl groups is 1. The van der Waals surface area contributed by atoms with E-state index in [2.05, 4.69) is 25.0 Å². The number of aromatic nitrogens is 2. The van der Waals surface area contributed by atoms with Crippen LogP contribution in [-0.2, 0) is 15.3 Å². The summed E-state index contributed by atoms with van der Waals surface area (Å²) in [5.41, 5.74) is 3.48. The zero-order chi connectivity index (χ0) is 25.4. The van der Waals surface area contributed by atoms with Gasteiger partial charge in [-0.3, -0.25) is 0 Å². The zero-order valence-corrected chi connectivity index (χ0v) is 21.0. The van der Waals surface area contributed by atoms with E-state index in [1.165, 1.54) is 0 Å². The first-order valence-electron chi connectivity index (χ1n) is 11.1. The van der Waals surface area contributed by atoms with Gasteiger partial charge in [0.2, 0.25) is 5.95 Å². The average Bonchev–Trinajstić information content (AvgIpc) is 2.84. The number of hydrogen-bond acceptors (Lipinski definition) is 9. The van der Waals surface area contributed by atoms with Crippen LogP contribution < -0.4 is 15.5 Å². The van der Waals surface area contributed by atoms with E-state index < -0.39 is 16.7 Å². The molecule has 0 saturated carbocycles. The zero-order valence-electron chi connectivity index (χ0n) is 20.1. The van der Waals surface area contributed by atoms with Crippen molar-refractivity contribution in [3.8, 4) is 11.1 Å². The minimum atomic E-state index is -2.25. The van der Waals surface area contributed by atoms with Crippen molar-refractivity contribution in [1.29, 1.82) is 0 Å². The predicted molar refractivity (Wildman–Crippen MR) is 139 cm³/mol. The second-order valence-electron chi connectivity index (χ2n) is 7.87. The van der Waals surface area contributed by atoms with Crippen LogP contribution in [0, 0.1) is 0 Å². The first kappa shape index (κ1) is 25.9. The predicted octanol–water partition coefficient (Wildman–Crippen LogP) is 3.93. The molecule has 2 aromatic carbocycles. The largest absolute Gasteiger partial charge is 0.448 e. The number of amides is 1. The lowest BCUT2D eigenvalue weighted by atomic mass is 10.1. The monoisotopic (exact) mass is 498 g/mol. The van der Waals surface area contributed by atoms with Crippen molar-refractivity contribution in [2.24, 2.45) is 4.36 Å². The maximum atomic E-state index is 12.2. The lowest BCUT2D eigenvalue weighted by Crippen LogP contribution is -2.21. The van der Waals surface area contributed by atoms with Gasteiger partial charge in [0.05, 0.1) is 23.8 Å². The Bertz CT molecular complexity index is 1230. The van der Waals surface area contributed by atoms with Gasteiger partial charge in [-0.1, -0.05) is 12.1 Å². The summed E-state index contributed by atoms with van der Waals surface area (Å²) in [6, 6.07) is 14.4. The van der Waals surface area contributed by atoms with Crippen LogP contribution in [0.25, 0.3) is 11.1 Å². The molecule has 0 spiro atoms. The molecule has 186 valence electrons. The van der Waals surface area contributed by atoms with Crippen molar-refractivity contribution in [2.45, 2.75) is 24.8 Å². The van der Waals surface area contributed by atoms with Gasteiger partial charge in [-0.25, -0.2) is 14.0 Å². The molecule has 1 unspecified atom stereocenters. The first-order valence-corrected chi connectivity index (χ1v) is 12.3. The van der Waals surface area contributed by atoms with Crippen LogP contribution in [0.1, 0.15) is 13.8 Å². The Balaban J connectivity index is 1.84. The summed E-state index contributed by atoms with van der Waals surface area (Å²) in [4.78, 5) is 22.9. The molecule has 3 aromatic rings. The van der Waals surface area contributed by atoms with Crippen LogP contribution in [0.3, 0.4) is 0 Å². The highest BCUT2D eigenvalue weighted by Crippen LogP contribution is 2.29. The molecule has 10 nitrogen and oxygen atoms in total. The first-order chi connectivity index (χ1) is 16.8. The van der Waals surface area contributed by atoms with E-state index in [0.717, 1.165) is 16.8 Å². The second kappa shape index (κ2) is 12.1. The summed E-state index contributed by atoms with van der Waals surface area (Å²) >= 11 is 0. The lowest BCUT2D eigenvalue weighted by molar-refractivity contribution is 0.164. The number of ether oxygens (including phenoxy) is 1. The van der Waals surface area contributed by atoms with Crippen molar-refractivity contribution >= 4 is 39.8 Å². The molecule has 3 N–H and O–H groups in total. The van der Waals surface area contributed by atoms with E-state index >= 15 is 0 Å². The minimum Gasteiger partial charge on any atom is -0.448 e. The number of nitrogens with zero attached hydrogens (tertiary/aromatic N) is 4. The molecule has 11 heteroatoms. The quantitative estimate of drug-likeness (QED) is 0.324. The molecule has 0 aliphatic carbocycles. The Labute approximate surface area is 206 Å². The van der Waals surface area contributed by atoms with Crippen LogP contribution >= 0.6 is 0 Å². The third-order valence-corrected chi connectivity index (χ3v) is 6.01. The molecule has 1 aromatic heterocycles. The highest BCUT2D eigenvalue weighted by atomic mass is 32.2.